The minimum absolute atomic E-state index is 0.0612. The topological polar surface area (TPSA) is 94.1 Å². The summed E-state index contributed by atoms with van der Waals surface area (Å²) in [4.78, 5) is 45.7. The molecular formula is C21H29ClN4O4. The highest BCUT2D eigenvalue weighted by molar-refractivity contribution is 6.29. The number of pyridine rings is 1. The molecule has 0 aliphatic carbocycles. The summed E-state index contributed by atoms with van der Waals surface area (Å²) in [5, 5.41) is 9.60. The molecule has 3 heterocycles. The van der Waals surface area contributed by atoms with Crippen molar-refractivity contribution in [3.63, 3.8) is 0 Å². The Morgan fingerprint density at radius 2 is 1.87 bits per heavy atom. The number of piperidine rings is 1. The van der Waals surface area contributed by atoms with Gasteiger partial charge in [0, 0.05) is 64.4 Å². The van der Waals surface area contributed by atoms with Crippen LogP contribution in [-0.2, 0) is 9.59 Å². The fourth-order valence-electron chi connectivity index (χ4n) is 4.44. The van der Waals surface area contributed by atoms with Gasteiger partial charge in [-0.1, -0.05) is 11.6 Å². The van der Waals surface area contributed by atoms with Crippen molar-refractivity contribution in [2.24, 2.45) is 11.8 Å². The van der Waals surface area contributed by atoms with Crippen LogP contribution in [0.5, 0.6) is 0 Å². The summed E-state index contributed by atoms with van der Waals surface area (Å²) in [5.74, 6) is -0.587. The number of nitrogens with zero attached hydrogens (tertiary/aromatic N) is 4. The van der Waals surface area contributed by atoms with Crippen LogP contribution in [0.4, 0.5) is 0 Å². The van der Waals surface area contributed by atoms with Crippen molar-refractivity contribution in [1.82, 2.24) is 19.7 Å². The third-order valence-electron chi connectivity index (χ3n) is 6.22. The highest BCUT2D eigenvalue weighted by Gasteiger charge is 2.33. The minimum Gasteiger partial charge on any atom is -0.481 e. The first-order chi connectivity index (χ1) is 14.3. The first-order valence-corrected chi connectivity index (χ1v) is 10.8. The number of hydrogen-bond donors (Lipinski definition) is 1. The fraction of sp³-hybridized carbons (Fsp3) is 0.619. The summed E-state index contributed by atoms with van der Waals surface area (Å²) < 4.78 is 0. The normalized spacial score (nSPS) is 22.7. The van der Waals surface area contributed by atoms with Gasteiger partial charge in [0.15, 0.2) is 0 Å². The van der Waals surface area contributed by atoms with E-state index in [2.05, 4.69) is 9.88 Å². The molecule has 8 nitrogen and oxygen atoms in total. The van der Waals surface area contributed by atoms with Gasteiger partial charge in [-0.25, -0.2) is 4.98 Å². The number of amides is 2. The molecule has 0 bridgehead atoms. The maximum atomic E-state index is 12.9. The Balaban J connectivity index is 1.60. The van der Waals surface area contributed by atoms with Gasteiger partial charge in [-0.05, 0) is 43.4 Å². The molecule has 2 saturated heterocycles. The summed E-state index contributed by atoms with van der Waals surface area (Å²) >= 11 is 5.93. The molecule has 2 aliphatic heterocycles. The van der Waals surface area contributed by atoms with E-state index in [0.717, 1.165) is 39.1 Å². The first kappa shape index (κ1) is 22.5. The zero-order valence-corrected chi connectivity index (χ0v) is 18.1. The number of carbonyl (C=O) groups is 3. The van der Waals surface area contributed by atoms with Crippen LogP contribution in [0.25, 0.3) is 0 Å². The summed E-state index contributed by atoms with van der Waals surface area (Å²) in [6.07, 6.45) is 3.16. The molecule has 2 fully saturated rings. The maximum absolute atomic E-state index is 12.9. The molecule has 0 saturated carbocycles. The zero-order valence-electron chi connectivity index (χ0n) is 17.3. The second kappa shape index (κ2) is 10.2. The number of carboxylic acids is 1. The lowest BCUT2D eigenvalue weighted by Gasteiger charge is -2.40. The summed E-state index contributed by atoms with van der Waals surface area (Å²) in [7, 11) is 0. The van der Waals surface area contributed by atoms with E-state index in [1.807, 2.05) is 9.80 Å². The Morgan fingerprint density at radius 1 is 1.13 bits per heavy atom. The molecule has 2 unspecified atom stereocenters. The smallest absolute Gasteiger partial charge is 0.303 e. The van der Waals surface area contributed by atoms with E-state index in [1.54, 1.807) is 19.1 Å². The lowest BCUT2D eigenvalue weighted by molar-refractivity contribution is -0.139. The fourth-order valence-corrected chi connectivity index (χ4v) is 4.61. The molecule has 164 valence electrons. The Kier molecular flexibility index (Phi) is 7.66. The molecule has 0 spiro atoms. The number of rotatable bonds is 6. The molecule has 1 aromatic rings. The molecule has 2 atom stereocenters. The Morgan fingerprint density at radius 3 is 2.50 bits per heavy atom. The van der Waals surface area contributed by atoms with E-state index < -0.39 is 5.97 Å². The largest absolute Gasteiger partial charge is 0.481 e. The Hall–Kier alpha value is -2.19. The van der Waals surface area contributed by atoms with Crippen molar-refractivity contribution < 1.29 is 19.5 Å². The standard InChI is InChI=1S/C21H29ClN4O4/c1-15(27)25-10-8-24(9-11-25)6-3-18-14-26(7-4-16(18)13-20(28)29)21(30)17-2-5-23-19(22)12-17/h2,5,12,16,18H,3-4,6-11,13-14H2,1H3,(H,28,29). The Labute approximate surface area is 181 Å². The summed E-state index contributed by atoms with van der Waals surface area (Å²) in [5.41, 5.74) is 0.505. The lowest BCUT2D eigenvalue weighted by atomic mass is 9.81. The van der Waals surface area contributed by atoms with Crippen molar-refractivity contribution in [3.05, 3.63) is 29.0 Å². The van der Waals surface area contributed by atoms with E-state index in [1.165, 1.54) is 6.20 Å². The Bertz CT molecular complexity index is 782. The predicted molar refractivity (Wildman–Crippen MR) is 112 cm³/mol. The molecule has 3 rings (SSSR count). The van der Waals surface area contributed by atoms with Gasteiger partial charge in [-0.15, -0.1) is 0 Å². The SMILES string of the molecule is CC(=O)N1CCN(CCC2CN(C(=O)c3ccnc(Cl)c3)CCC2CC(=O)O)CC1. The van der Waals surface area contributed by atoms with Crippen LogP contribution < -0.4 is 0 Å². The average Bonchev–Trinajstić information content (AvgIpc) is 2.72. The predicted octanol–water partition coefficient (Wildman–Crippen LogP) is 1.84. The van der Waals surface area contributed by atoms with Crippen LogP contribution >= 0.6 is 11.6 Å². The number of carbonyl (C=O) groups excluding carboxylic acids is 2. The van der Waals surface area contributed by atoms with E-state index in [9.17, 15) is 19.5 Å². The monoisotopic (exact) mass is 436 g/mol. The van der Waals surface area contributed by atoms with Crippen molar-refractivity contribution in [3.8, 4) is 0 Å². The third kappa shape index (κ3) is 5.92. The van der Waals surface area contributed by atoms with Crippen molar-refractivity contribution in [2.45, 2.75) is 26.2 Å². The highest BCUT2D eigenvalue weighted by Crippen LogP contribution is 2.30. The van der Waals surface area contributed by atoms with Crippen LogP contribution in [0.2, 0.25) is 5.15 Å². The van der Waals surface area contributed by atoms with Crippen LogP contribution in [-0.4, -0.2) is 88.4 Å². The second-order valence-electron chi connectivity index (χ2n) is 8.16. The molecule has 2 amide bonds. The second-order valence-corrected chi connectivity index (χ2v) is 8.55. The van der Waals surface area contributed by atoms with Crippen LogP contribution in [0.15, 0.2) is 18.3 Å². The highest BCUT2D eigenvalue weighted by atomic mass is 35.5. The molecule has 9 heteroatoms. The van der Waals surface area contributed by atoms with Gasteiger partial charge in [0.2, 0.25) is 5.91 Å². The minimum atomic E-state index is -0.791. The third-order valence-corrected chi connectivity index (χ3v) is 6.43. The molecule has 1 N–H and O–H groups in total. The van der Waals surface area contributed by atoms with Crippen LogP contribution in [0.3, 0.4) is 0 Å². The van der Waals surface area contributed by atoms with Gasteiger partial charge in [-0.2, -0.15) is 0 Å². The average molecular weight is 437 g/mol. The summed E-state index contributed by atoms with van der Waals surface area (Å²) in [6, 6.07) is 3.22. The van der Waals surface area contributed by atoms with Crippen LogP contribution in [0.1, 0.15) is 36.5 Å². The van der Waals surface area contributed by atoms with Gasteiger partial charge in [0.1, 0.15) is 5.15 Å². The first-order valence-electron chi connectivity index (χ1n) is 10.4. The molecule has 1 aromatic heterocycles. The lowest BCUT2D eigenvalue weighted by Crippen LogP contribution is -2.49. The number of likely N-dealkylation sites (tertiary alicyclic amines) is 1. The van der Waals surface area contributed by atoms with E-state index in [-0.39, 0.29) is 35.2 Å². The number of carboxylic acid groups (broad SMARTS) is 1. The summed E-state index contributed by atoms with van der Waals surface area (Å²) in [6.45, 7) is 6.64. The maximum Gasteiger partial charge on any atom is 0.303 e. The molecule has 2 aliphatic rings. The molecular weight excluding hydrogens is 408 g/mol. The number of aromatic nitrogens is 1. The van der Waals surface area contributed by atoms with Gasteiger partial charge < -0.3 is 14.9 Å². The number of halogens is 1. The number of hydrogen-bond acceptors (Lipinski definition) is 5. The zero-order chi connectivity index (χ0) is 21.7. The number of aliphatic carboxylic acids is 1. The number of piperazine rings is 1. The van der Waals surface area contributed by atoms with Crippen LogP contribution in [0, 0.1) is 11.8 Å². The van der Waals surface area contributed by atoms with Crippen molar-refractivity contribution >= 4 is 29.4 Å². The van der Waals surface area contributed by atoms with E-state index in [0.29, 0.717) is 25.1 Å². The molecule has 0 aromatic carbocycles. The van der Waals surface area contributed by atoms with Crippen molar-refractivity contribution in [1.29, 1.82) is 0 Å². The van der Waals surface area contributed by atoms with Crippen molar-refractivity contribution in [2.75, 3.05) is 45.8 Å². The van der Waals surface area contributed by atoms with E-state index >= 15 is 0 Å². The molecule has 0 radical (unpaired) electrons. The van der Waals surface area contributed by atoms with E-state index in [4.69, 9.17) is 11.6 Å². The van der Waals surface area contributed by atoms with Gasteiger partial charge >= 0.3 is 5.97 Å². The molecule has 30 heavy (non-hydrogen) atoms. The quantitative estimate of drug-likeness (QED) is 0.684. The van der Waals surface area contributed by atoms with Gasteiger partial charge in [0.05, 0.1) is 0 Å². The van der Waals surface area contributed by atoms with Gasteiger partial charge in [0.25, 0.3) is 5.91 Å². The van der Waals surface area contributed by atoms with Gasteiger partial charge in [-0.3, -0.25) is 19.3 Å².